The van der Waals surface area contributed by atoms with Crippen LogP contribution in [0.5, 0.6) is 0 Å². The molecular weight excluding hydrogens is 414 g/mol. The fraction of sp³-hybridized carbons (Fsp3) is 0.280. The van der Waals surface area contributed by atoms with Crippen molar-refractivity contribution in [1.82, 2.24) is 35.4 Å². The Labute approximate surface area is 192 Å². The molecule has 0 fully saturated rings. The molecule has 33 heavy (non-hydrogen) atoms. The molecule has 8 nitrogen and oxygen atoms in total. The maximum absolute atomic E-state index is 12.4. The number of aromatic amines is 1. The van der Waals surface area contributed by atoms with Gasteiger partial charge in [-0.15, -0.1) is 10.2 Å². The molecule has 0 aliphatic rings. The van der Waals surface area contributed by atoms with E-state index < -0.39 is 0 Å². The number of hydrogen-bond acceptors (Lipinski definition) is 6. The number of ketones is 1. The highest BCUT2D eigenvalue weighted by Crippen LogP contribution is 2.29. The molecule has 8 heteroatoms. The predicted octanol–water partition coefficient (Wildman–Crippen LogP) is 4.31. The fourth-order valence-corrected chi connectivity index (χ4v) is 3.46. The van der Waals surface area contributed by atoms with Crippen LogP contribution in [0.15, 0.2) is 48.5 Å². The monoisotopic (exact) mass is 439 g/mol. The van der Waals surface area contributed by atoms with Gasteiger partial charge in [0.25, 0.3) is 0 Å². The molecule has 0 bridgehead atoms. The fourth-order valence-electron chi connectivity index (χ4n) is 3.46. The van der Waals surface area contributed by atoms with E-state index in [4.69, 9.17) is 0 Å². The van der Waals surface area contributed by atoms with Gasteiger partial charge >= 0.3 is 0 Å². The van der Waals surface area contributed by atoms with E-state index in [9.17, 15) is 4.79 Å². The molecule has 0 radical (unpaired) electrons. The highest BCUT2D eigenvalue weighted by molar-refractivity contribution is 5.92. The Morgan fingerprint density at radius 3 is 2.55 bits per heavy atom. The van der Waals surface area contributed by atoms with Crippen LogP contribution in [0.1, 0.15) is 61.5 Å². The molecule has 2 aromatic carbocycles. The summed E-state index contributed by atoms with van der Waals surface area (Å²) in [6, 6.07) is 16.2. The van der Waals surface area contributed by atoms with Crippen molar-refractivity contribution in [2.75, 3.05) is 0 Å². The number of hydrogen-bond donors (Lipinski definition) is 1. The van der Waals surface area contributed by atoms with Gasteiger partial charge in [0.15, 0.2) is 5.82 Å². The van der Waals surface area contributed by atoms with Crippen LogP contribution >= 0.6 is 0 Å². The molecule has 4 rings (SSSR count). The lowest BCUT2D eigenvalue weighted by atomic mass is 9.98. The lowest BCUT2D eigenvalue weighted by molar-refractivity contribution is 0.0969. The van der Waals surface area contributed by atoms with Crippen molar-refractivity contribution in [2.24, 2.45) is 0 Å². The van der Waals surface area contributed by atoms with Crippen molar-refractivity contribution in [3.8, 4) is 34.4 Å². The Bertz CT molecular complexity index is 1280. The summed E-state index contributed by atoms with van der Waals surface area (Å²) in [5.74, 6) is 7.42. The third-order valence-corrected chi connectivity index (χ3v) is 5.18. The van der Waals surface area contributed by atoms with Crippen LogP contribution in [0, 0.1) is 11.8 Å². The smallest absolute Gasteiger partial charge is 0.218 e. The molecule has 1 N–H and O–H groups in total. The second-order valence-corrected chi connectivity index (χ2v) is 7.59. The zero-order valence-corrected chi connectivity index (χ0v) is 18.7. The molecule has 0 saturated heterocycles. The van der Waals surface area contributed by atoms with Crippen molar-refractivity contribution in [2.45, 2.75) is 46.1 Å². The Kier molecular flexibility index (Phi) is 7.00. The average Bonchev–Trinajstić information content (AvgIpc) is 3.52. The highest BCUT2D eigenvalue weighted by atomic mass is 16.1. The third-order valence-electron chi connectivity index (χ3n) is 5.18. The molecule has 0 amide bonds. The van der Waals surface area contributed by atoms with Gasteiger partial charge in [-0.05, 0) is 39.5 Å². The van der Waals surface area contributed by atoms with Gasteiger partial charge in [0, 0.05) is 18.4 Å². The minimum Gasteiger partial charge on any atom is -0.291 e. The SMILES string of the molecule is CCC#Cc1nc(C(=O)CCCC)nn1Cc1ccc(-c2ccccc2-c2nnn[nH]2)cc1. The summed E-state index contributed by atoms with van der Waals surface area (Å²) in [5, 5.41) is 18.7. The molecule has 2 aromatic heterocycles. The summed E-state index contributed by atoms with van der Waals surface area (Å²) < 4.78 is 1.71. The Hall–Kier alpha value is -4.12. The Morgan fingerprint density at radius 2 is 1.85 bits per heavy atom. The highest BCUT2D eigenvalue weighted by Gasteiger charge is 2.16. The third kappa shape index (κ3) is 5.21. The molecular formula is C25H25N7O. The molecule has 0 saturated carbocycles. The van der Waals surface area contributed by atoms with Crippen LogP contribution in [0.2, 0.25) is 0 Å². The van der Waals surface area contributed by atoms with Crippen molar-refractivity contribution in [3.05, 3.63) is 65.7 Å². The van der Waals surface area contributed by atoms with Crippen molar-refractivity contribution in [1.29, 1.82) is 0 Å². The summed E-state index contributed by atoms with van der Waals surface area (Å²) in [7, 11) is 0. The largest absolute Gasteiger partial charge is 0.291 e. The van der Waals surface area contributed by atoms with E-state index >= 15 is 0 Å². The summed E-state index contributed by atoms with van der Waals surface area (Å²) >= 11 is 0. The van der Waals surface area contributed by atoms with Crippen LogP contribution < -0.4 is 0 Å². The van der Waals surface area contributed by atoms with Crippen LogP contribution in [-0.4, -0.2) is 41.2 Å². The van der Waals surface area contributed by atoms with E-state index in [0.29, 0.717) is 31.0 Å². The van der Waals surface area contributed by atoms with Gasteiger partial charge in [0.05, 0.1) is 6.54 Å². The number of aromatic nitrogens is 7. The van der Waals surface area contributed by atoms with Crippen molar-refractivity contribution < 1.29 is 4.79 Å². The van der Waals surface area contributed by atoms with Gasteiger partial charge in [0.1, 0.15) is 0 Å². The first-order chi connectivity index (χ1) is 16.2. The summed E-state index contributed by atoms with van der Waals surface area (Å²) in [5.41, 5.74) is 4.04. The number of tetrazole rings is 1. The first-order valence-corrected chi connectivity index (χ1v) is 11.1. The minimum absolute atomic E-state index is 0.0380. The van der Waals surface area contributed by atoms with Crippen LogP contribution in [-0.2, 0) is 6.54 Å². The van der Waals surface area contributed by atoms with Gasteiger partial charge in [-0.1, -0.05) is 74.7 Å². The summed E-state index contributed by atoms with van der Waals surface area (Å²) in [6.45, 7) is 4.52. The number of H-pyrrole nitrogens is 1. The quantitative estimate of drug-likeness (QED) is 0.324. The maximum atomic E-state index is 12.4. The molecule has 166 valence electrons. The van der Waals surface area contributed by atoms with Crippen LogP contribution in [0.3, 0.4) is 0 Å². The summed E-state index contributed by atoms with van der Waals surface area (Å²) in [4.78, 5) is 16.8. The van der Waals surface area contributed by atoms with Gasteiger partial charge < -0.3 is 0 Å². The zero-order valence-electron chi connectivity index (χ0n) is 18.7. The number of nitrogens with one attached hydrogen (secondary N) is 1. The van der Waals surface area contributed by atoms with E-state index in [-0.39, 0.29) is 11.6 Å². The maximum Gasteiger partial charge on any atom is 0.218 e. The van der Waals surface area contributed by atoms with Gasteiger partial charge in [0.2, 0.25) is 17.4 Å². The lowest BCUT2D eigenvalue weighted by Crippen LogP contribution is -2.06. The van der Waals surface area contributed by atoms with Gasteiger partial charge in [-0.25, -0.2) is 9.78 Å². The normalized spacial score (nSPS) is 10.6. The van der Waals surface area contributed by atoms with Gasteiger partial charge in [-0.2, -0.15) is 4.98 Å². The van der Waals surface area contributed by atoms with E-state index in [1.165, 1.54) is 0 Å². The number of carbonyl (C=O) groups is 1. The number of Topliss-reactive ketones (excluding diaryl/α,β-unsaturated/α-hetero) is 1. The Morgan fingerprint density at radius 1 is 1.06 bits per heavy atom. The minimum atomic E-state index is -0.0380. The first-order valence-electron chi connectivity index (χ1n) is 11.1. The second kappa shape index (κ2) is 10.5. The predicted molar refractivity (Wildman–Crippen MR) is 125 cm³/mol. The van der Waals surface area contributed by atoms with E-state index in [1.807, 2.05) is 43.3 Å². The zero-order chi connectivity index (χ0) is 23.0. The number of rotatable bonds is 8. The first kappa shape index (κ1) is 22.1. The van der Waals surface area contributed by atoms with Crippen molar-refractivity contribution >= 4 is 5.78 Å². The topological polar surface area (TPSA) is 102 Å². The molecule has 0 unspecified atom stereocenters. The molecule has 0 aliphatic heterocycles. The average molecular weight is 440 g/mol. The molecule has 2 heterocycles. The van der Waals surface area contributed by atoms with Crippen LogP contribution in [0.4, 0.5) is 0 Å². The second-order valence-electron chi connectivity index (χ2n) is 7.59. The number of carbonyl (C=O) groups excluding carboxylic acids is 1. The molecule has 0 atom stereocenters. The van der Waals surface area contributed by atoms with Crippen molar-refractivity contribution in [3.63, 3.8) is 0 Å². The Balaban J connectivity index is 1.59. The number of unbranched alkanes of at least 4 members (excludes halogenated alkanes) is 1. The number of benzene rings is 2. The van der Waals surface area contributed by atoms with E-state index in [1.54, 1.807) is 4.68 Å². The summed E-state index contributed by atoms with van der Waals surface area (Å²) in [6.07, 6.45) is 2.95. The standard InChI is InChI=1S/C25H25N7O/c1-3-5-11-22(33)25-26-23(12-6-4-2)32(29-25)17-18-13-15-19(16-14-18)20-9-7-8-10-21(20)24-27-30-31-28-24/h7-10,13-16H,3-5,11,17H2,1-2H3,(H,27,28,30,31). The molecule has 0 aliphatic carbocycles. The lowest BCUT2D eigenvalue weighted by Gasteiger charge is -2.09. The van der Waals surface area contributed by atoms with Gasteiger partial charge in [-0.3, -0.25) is 4.79 Å². The van der Waals surface area contributed by atoms with Crippen LogP contribution in [0.25, 0.3) is 22.5 Å². The van der Waals surface area contributed by atoms with E-state index in [2.05, 4.69) is 61.6 Å². The van der Waals surface area contributed by atoms with E-state index in [0.717, 1.165) is 35.1 Å². The molecule has 0 spiro atoms. The molecule has 4 aromatic rings. The number of nitrogens with zero attached hydrogens (tertiary/aromatic N) is 6.